The fourth-order valence-corrected chi connectivity index (χ4v) is 5.71. The topological polar surface area (TPSA) is 55.3 Å². The molecule has 0 saturated carbocycles. The van der Waals surface area contributed by atoms with Crippen molar-refractivity contribution in [3.05, 3.63) is 46.6 Å². The van der Waals surface area contributed by atoms with E-state index in [1.807, 2.05) is 43.0 Å². The minimum Gasteiger partial charge on any atom is -0.372 e. The predicted molar refractivity (Wildman–Crippen MR) is 113 cm³/mol. The van der Waals surface area contributed by atoms with Crippen molar-refractivity contribution in [1.29, 1.82) is 0 Å². The molecule has 7 heteroatoms. The molecule has 1 aliphatic rings. The molecule has 5 nitrogen and oxygen atoms in total. The number of amides is 1. The lowest BCUT2D eigenvalue weighted by Gasteiger charge is -2.35. The SMILES string of the molecule is Cc1sc2ncnc(Sc3ccccc3C(=O)N3CC(C)OC(C)C3)c2c1C. The van der Waals surface area contributed by atoms with Crippen LogP contribution in [0.15, 0.2) is 40.5 Å². The van der Waals surface area contributed by atoms with Crippen molar-refractivity contribution in [2.24, 2.45) is 0 Å². The average Bonchev–Trinajstić information content (AvgIpc) is 2.96. The molecule has 2 unspecified atom stereocenters. The van der Waals surface area contributed by atoms with E-state index in [9.17, 15) is 4.79 Å². The van der Waals surface area contributed by atoms with Crippen LogP contribution in [0.25, 0.3) is 10.2 Å². The number of ether oxygens (including phenoxy) is 1. The van der Waals surface area contributed by atoms with Gasteiger partial charge in [-0.1, -0.05) is 23.9 Å². The number of rotatable bonds is 3. The number of aromatic nitrogens is 2. The Kier molecular flexibility index (Phi) is 5.40. The Morgan fingerprint density at radius 3 is 2.64 bits per heavy atom. The average molecular weight is 414 g/mol. The fourth-order valence-electron chi connectivity index (χ4n) is 3.58. The van der Waals surface area contributed by atoms with E-state index in [1.54, 1.807) is 29.4 Å². The first-order valence-corrected chi connectivity index (χ1v) is 11.0. The van der Waals surface area contributed by atoms with Crippen molar-refractivity contribution in [3.8, 4) is 0 Å². The second kappa shape index (κ2) is 7.81. The van der Waals surface area contributed by atoms with Crippen LogP contribution in [-0.4, -0.2) is 46.1 Å². The van der Waals surface area contributed by atoms with E-state index < -0.39 is 0 Å². The standard InChI is InChI=1S/C21H23N3O2S2/c1-12-9-24(10-13(2)26-12)21(25)16-7-5-6-8-17(16)28-20-18-14(3)15(4)27-19(18)22-11-23-20/h5-8,11-13H,9-10H2,1-4H3. The second-order valence-electron chi connectivity index (χ2n) is 7.21. The van der Waals surface area contributed by atoms with Crippen LogP contribution in [0.4, 0.5) is 0 Å². The van der Waals surface area contributed by atoms with Crippen LogP contribution in [0.1, 0.15) is 34.6 Å². The van der Waals surface area contributed by atoms with Gasteiger partial charge in [0.2, 0.25) is 0 Å². The number of hydrogen-bond acceptors (Lipinski definition) is 6. The number of aryl methyl sites for hydroxylation is 2. The van der Waals surface area contributed by atoms with Gasteiger partial charge in [0.15, 0.2) is 0 Å². The van der Waals surface area contributed by atoms with Gasteiger partial charge in [-0.2, -0.15) is 0 Å². The lowest BCUT2D eigenvalue weighted by molar-refractivity contribution is -0.0586. The molecule has 146 valence electrons. The quantitative estimate of drug-likeness (QED) is 0.582. The number of hydrogen-bond donors (Lipinski definition) is 0. The van der Waals surface area contributed by atoms with Gasteiger partial charge in [0, 0.05) is 28.2 Å². The maximum atomic E-state index is 13.3. The predicted octanol–water partition coefficient (Wildman–Crippen LogP) is 4.71. The number of benzene rings is 1. The highest BCUT2D eigenvalue weighted by Gasteiger charge is 2.28. The third kappa shape index (κ3) is 3.66. The zero-order valence-corrected chi connectivity index (χ0v) is 18.1. The molecule has 4 rings (SSSR count). The number of fused-ring (bicyclic) bond motifs is 1. The van der Waals surface area contributed by atoms with Gasteiger partial charge in [0.1, 0.15) is 16.2 Å². The van der Waals surface area contributed by atoms with E-state index in [0.717, 1.165) is 20.1 Å². The van der Waals surface area contributed by atoms with E-state index in [4.69, 9.17) is 4.74 Å². The van der Waals surface area contributed by atoms with Gasteiger partial charge >= 0.3 is 0 Å². The monoisotopic (exact) mass is 413 g/mol. The highest BCUT2D eigenvalue weighted by Crippen LogP contribution is 2.38. The summed E-state index contributed by atoms with van der Waals surface area (Å²) in [4.78, 5) is 27.3. The van der Waals surface area contributed by atoms with Gasteiger partial charge in [-0.15, -0.1) is 11.3 Å². The first-order valence-electron chi connectivity index (χ1n) is 9.36. The van der Waals surface area contributed by atoms with Crippen molar-refractivity contribution in [2.45, 2.75) is 49.8 Å². The summed E-state index contributed by atoms with van der Waals surface area (Å²) in [6.07, 6.45) is 1.70. The smallest absolute Gasteiger partial charge is 0.255 e. The summed E-state index contributed by atoms with van der Waals surface area (Å²) in [5.74, 6) is 0.0496. The normalized spacial score (nSPS) is 19.9. The van der Waals surface area contributed by atoms with Crippen LogP contribution >= 0.6 is 23.1 Å². The van der Waals surface area contributed by atoms with Crippen molar-refractivity contribution in [2.75, 3.05) is 13.1 Å². The summed E-state index contributed by atoms with van der Waals surface area (Å²) in [5.41, 5.74) is 1.92. The third-order valence-electron chi connectivity index (χ3n) is 4.96. The van der Waals surface area contributed by atoms with Gasteiger partial charge in [-0.05, 0) is 45.4 Å². The Balaban J connectivity index is 1.69. The van der Waals surface area contributed by atoms with E-state index in [2.05, 4.69) is 23.8 Å². The number of carbonyl (C=O) groups is 1. The summed E-state index contributed by atoms with van der Waals surface area (Å²) < 4.78 is 5.78. The lowest BCUT2D eigenvalue weighted by Crippen LogP contribution is -2.48. The molecular formula is C21H23N3O2S2. The molecule has 0 spiro atoms. The highest BCUT2D eigenvalue weighted by molar-refractivity contribution is 7.99. The van der Waals surface area contributed by atoms with Gasteiger partial charge < -0.3 is 9.64 Å². The molecule has 1 amide bonds. The van der Waals surface area contributed by atoms with Gasteiger partial charge in [0.25, 0.3) is 5.91 Å². The van der Waals surface area contributed by atoms with Crippen molar-refractivity contribution < 1.29 is 9.53 Å². The Morgan fingerprint density at radius 2 is 1.89 bits per heavy atom. The minimum absolute atomic E-state index is 0.0467. The summed E-state index contributed by atoms with van der Waals surface area (Å²) in [6, 6.07) is 7.78. The number of morpholine rings is 1. The maximum Gasteiger partial charge on any atom is 0.255 e. The molecule has 0 N–H and O–H groups in total. The van der Waals surface area contributed by atoms with Crippen LogP contribution < -0.4 is 0 Å². The summed E-state index contributed by atoms with van der Waals surface area (Å²) in [7, 11) is 0. The van der Waals surface area contributed by atoms with E-state index in [0.29, 0.717) is 18.7 Å². The molecule has 0 radical (unpaired) electrons. The van der Waals surface area contributed by atoms with Crippen molar-refractivity contribution in [1.82, 2.24) is 14.9 Å². The zero-order valence-electron chi connectivity index (χ0n) is 16.4. The molecule has 3 heterocycles. The van der Waals surface area contributed by atoms with Crippen LogP contribution in [-0.2, 0) is 4.74 Å². The Bertz CT molecular complexity index is 1020. The number of thiophene rings is 1. The molecule has 0 aliphatic carbocycles. The van der Waals surface area contributed by atoms with Crippen molar-refractivity contribution in [3.63, 3.8) is 0 Å². The molecule has 0 bridgehead atoms. The van der Waals surface area contributed by atoms with E-state index in [1.165, 1.54) is 10.4 Å². The molecule has 3 aromatic rings. The molecule has 1 aromatic carbocycles. The first kappa shape index (κ1) is 19.4. The van der Waals surface area contributed by atoms with Crippen molar-refractivity contribution >= 4 is 39.2 Å². The molecule has 1 aliphatic heterocycles. The largest absolute Gasteiger partial charge is 0.372 e. The van der Waals surface area contributed by atoms with E-state index in [-0.39, 0.29) is 18.1 Å². The first-order chi connectivity index (χ1) is 13.4. The molecule has 2 aromatic heterocycles. The van der Waals surface area contributed by atoms with Gasteiger partial charge in [-0.25, -0.2) is 9.97 Å². The summed E-state index contributed by atoms with van der Waals surface area (Å²) in [6.45, 7) is 9.46. The molecule has 2 atom stereocenters. The van der Waals surface area contributed by atoms with Crippen LogP contribution in [0.2, 0.25) is 0 Å². The summed E-state index contributed by atoms with van der Waals surface area (Å²) >= 11 is 3.23. The summed E-state index contributed by atoms with van der Waals surface area (Å²) in [5, 5.41) is 1.99. The Hall–Kier alpha value is -1.96. The minimum atomic E-state index is 0.0467. The number of nitrogens with zero attached hydrogens (tertiary/aromatic N) is 3. The number of carbonyl (C=O) groups excluding carboxylic acids is 1. The van der Waals surface area contributed by atoms with Gasteiger partial charge in [0.05, 0.1) is 17.8 Å². The Labute approximate surface area is 173 Å². The molecular weight excluding hydrogens is 390 g/mol. The zero-order chi connectivity index (χ0) is 19.8. The van der Waals surface area contributed by atoms with Crippen LogP contribution in [0, 0.1) is 13.8 Å². The van der Waals surface area contributed by atoms with Crippen LogP contribution in [0.5, 0.6) is 0 Å². The van der Waals surface area contributed by atoms with E-state index >= 15 is 0 Å². The second-order valence-corrected chi connectivity index (χ2v) is 9.44. The third-order valence-corrected chi connectivity index (χ3v) is 7.16. The molecule has 1 fully saturated rings. The molecule has 28 heavy (non-hydrogen) atoms. The van der Waals surface area contributed by atoms with Crippen LogP contribution in [0.3, 0.4) is 0 Å². The fraction of sp³-hybridized carbons (Fsp3) is 0.381. The van der Waals surface area contributed by atoms with Gasteiger partial charge in [-0.3, -0.25) is 4.79 Å². The lowest BCUT2D eigenvalue weighted by atomic mass is 10.1. The highest BCUT2D eigenvalue weighted by atomic mass is 32.2. The Morgan fingerprint density at radius 1 is 1.18 bits per heavy atom. The molecule has 1 saturated heterocycles. The maximum absolute atomic E-state index is 13.3.